The van der Waals surface area contributed by atoms with Crippen molar-refractivity contribution < 1.29 is 4.74 Å². The van der Waals surface area contributed by atoms with Gasteiger partial charge in [0, 0.05) is 30.4 Å². The highest BCUT2D eigenvalue weighted by molar-refractivity contribution is 5.40. The van der Waals surface area contributed by atoms with E-state index in [0.717, 1.165) is 43.1 Å². The van der Waals surface area contributed by atoms with Gasteiger partial charge in [-0.05, 0) is 26.7 Å². The van der Waals surface area contributed by atoms with E-state index in [4.69, 9.17) is 10.5 Å². The SMILES string of the molecule is Cc1nc(C2CCOCC2)nc(N)c1C. The minimum absolute atomic E-state index is 0.417. The number of nitrogens with zero attached hydrogens (tertiary/aromatic N) is 2. The van der Waals surface area contributed by atoms with Crippen molar-refractivity contribution in [2.45, 2.75) is 32.6 Å². The average molecular weight is 207 g/mol. The smallest absolute Gasteiger partial charge is 0.134 e. The van der Waals surface area contributed by atoms with Crippen molar-refractivity contribution in [2.24, 2.45) is 0 Å². The largest absolute Gasteiger partial charge is 0.383 e. The summed E-state index contributed by atoms with van der Waals surface area (Å²) in [5.74, 6) is 1.92. The maximum absolute atomic E-state index is 5.85. The standard InChI is InChI=1S/C11H17N3O/c1-7-8(2)13-11(14-10(7)12)9-3-5-15-6-4-9/h9H,3-6H2,1-2H3,(H2,12,13,14). The number of ether oxygens (including phenoxy) is 1. The Hall–Kier alpha value is -1.16. The summed E-state index contributed by atoms with van der Waals surface area (Å²) in [7, 11) is 0. The Kier molecular flexibility index (Phi) is 2.86. The number of hydrogen-bond acceptors (Lipinski definition) is 4. The van der Waals surface area contributed by atoms with Crippen molar-refractivity contribution in [3.63, 3.8) is 0 Å². The van der Waals surface area contributed by atoms with E-state index in [-0.39, 0.29) is 0 Å². The molecule has 0 spiro atoms. The molecule has 0 aromatic carbocycles. The fourth-order valence-electron chi connectivity index (χ4n) is 1.81. The second kappa shape index (κ2) is 4.14. The quantitative estimate of drug-likeness (QED) is 0.759. The molecule has 1 aliphatic rings. The first-order valence-corrected chi connectivity index (χ1v) is 5.37. The topological polar surface area (TPSA) is 61.0 Å². The first-order chi connectivity index (χ1) is 7.18. The van der Waals surface area contributed by atoms with Gasteiger partial charge in [-0.1, -0.05) is 0 Å². The van der Waals surface area contributed by atoms with Crippen molar-refractivity contribution in [2.75, 3.05) is 18.9 Å². The molecule has 1 fully saturated rings. The van der Waals surface area contributed by atoms with E-state index in [1.54, 1.807) is 0 Å². The van der Waals surface area contributed by atoms with Crippen LogP contribution in [0, 0.1) is 13.8 Å². The number of nitrogen functional groups attached to an aromatic ring is 1. The third-order valence-electron chi connectivity index (χ3n) is 3.03. The van der Waals surface area contributed by atoms with Crippen molar-refractivity contribution in [1.82, 2.24) is 9.97 Å². The molecule has 0 bridgehead atoms. The van der Waals surface area contributed by atoms with Crippen LogP contribution in [-0.4, -0.2) is 23.2 Å². The molecule has 0 aliphatic carbocycles. The fraction of sp³-hybridized carbons (Fsp3) is 0.636. The van der Waals surface area contributed by atoms with Gasteiger partial charge in [0.15, 0.2) is 0 Å². The second-order valence-corrected chi connectivity index (χ2v) is 4.06. The summed E-state index contributed by atoms with van der Waals surface area (Å²) in [6.07, 6.45) is 2.00. The fourth-order valence-corrected chi connectivity index (χ4v) is 1.81. The van der Waals surface area contributed by atoms with E-state index in [0.29, 0.717) is 11.7 Å². The van der Waals surface area contributed by atoms with Gasteiger partial charge in [0.2, 0.25) is 0 Å². The van der Waals surface area contributed by atoms with Gasteiger partial charge < -0.3 is 10.5 Å². The minimum Gasteiger partial charge on any atom is -0.383 e. The molecule has 1 aliphatic heterocycles. The molecule has 0 radical (unpaired) electrons. The van der Waals surface area contributed by atoms with Crippen LogP contribution in [0.15, 0.2) is 0 Å². The molecular formula is C11H17N3O. The van der Waals surface area contributed by atoms with Gasteiger partial charge in [0.25, 0.3) is 0 Å². The molecular weight excluding hydrogens is 190 g/mol. The zero-order chi connectivity index (χ0) is 10.8. The third-order valence-corrected chi connectivity index (χ3v) is 3.03. The molecule has 15 heavy (non-hydrogen) atoms. The predicted octanol–water partition coefficient (Wildman–Crippen LogP) is 1.57. The Morgan fingerprint density at radius 2 is 1.87 bits per heavy atom. The van der Waals surface area contributed by atoms with E-state index in [1.807, 2.05) is 13.8 Å². The molecule has 0 amide bonds. The van der Waals surface area contributed by atoms with Gasteiger partial charge >= 0.3 is 0 Å². The summed E-state index contributed by atoms with van der Waals surface area (Å²) in [6, 6.07) is 0. The van der Waals surface area contributed by atoms with Crippen molar-refractivity contribution >= 4 is 5.82 Å². The lowest BCUT2D eigenvalue weighted by atomic mass is 9.99. The summed E-state index contributed by atoms with van der Waals surface area (Å²) in [4.78, 5) is 8.88. The van der Waals surface area contributed by atoms with Crippen LogP contribution in [-0.2, 0) is 4.74 Å². The monoisotopic (exact) mass is 207 g/mol. The molecule has 0 atom stereocenters. The lowest BCUT2D eigenvalue weighted by Gasteiger charge is -2.21. The summed E-state index contributed by atoms with van der Waals surface area (Å²) in [6.45, 7) is 5.55. The van der Waals surface area contributed by atoms with Gasteiger partial charge in [-0.15, -0.1) is 0 Å². The predicted molar refractivity (Wildman–Crippen MR) is 58.7 cm³/mol. The molecule has 2 heterocycles. The summed E-state index contributed by atoms with van der Waals surface area (Å²) < 4.78 is 5.32. The van der Waals surface area contributed by atoms with Crippen molar-refractivity contribution in [1.29, 1.82) is 0 Å². The lowest BCUT2D eigenvalue weighted by Crippen LogP contribution is -2.17. The average Bonchev–Trinajstić information content (AvgIpc) is 2.26. The number of rotatable bonds is 1. The molecule has 82 valence electrons. The molecule has 4 heteroatoms. The van der Waals surface area contributed by atoms with E-state index >= 15 is 0 Å². The number of nitrogens with two attached hydrogens (primary N) is 1. The van der Waals surface area contributed by atoms with Crippen LogP contribution in [0.1, 0.15) is 35.8 Å². The van der Waals surface area contributed by atoms with Crippen LogP contribution < -0.4 is 5.73 Å². The van der Waals surface area contributed by atoms with Crippen LogP contribution in [0.3, 0.4) is 0 Å². The Morgan fingerprint density at radius 1 is 1.20 bits per heavy atom. The van der Waals surface area contributed by atoms with Gasteiger partial charge in [-0.3, -0.25) is 0 Å². The van der Waals surface area contributed by atoms with Gasteiger partial charge in [-0.2, -0.15) is 0 Å². The summed E-state index contributed by atoms with van der Waals surface area (Å²) >= 11 is 0. The van der Waals surface area contributed by atoms with E-state index in [2.05, 4.69) is 9.97 Å². The second-order valence-electron chi connectivity index (χ2n) is 4.06. The normalized spacial score (nSPS) is 18.0. The lowest BCUT2D eigenvalue weighted by molar-refractivity contribution is 0.0835. The minimum atomic E-state index is 0.417. The molecule has 0 saturated carbocycles. The van der Waals surface area contributed by atoms with Crippen molar-refractivity contribution in [3.05, 3.63) is 17.1 Å². The van der Waals surface area contributed by atoms with Gasteiger partial charge in [0.1, 0.15) is 11.6 Å². The molecule has 1 saturated heterocycles. The van der Waals surface area contributed by atoms with Crippen LogP contribution in [0.4, 0.5) is 5.82 Å². The van der Waals surface area contributed by atoms with Gasteiger partial charge in [0.05, 0.1) is 0 Å². The first kappa shape index (κ1) is 10.4. The zero-order valence-corrected chi connectivity index (χ0v) is 9.29. The highest BCUT2D eigenvalue weighted by Gasteiger charge is 2.19. The number of aryl methyl sites for hydroxylation is 1. The Bertz CT molecular complexity index is 336. The third kappa shape index (κ3) is 2.09. The van der Waals surface area contributed by atoms with E-state index in [9.17, 15) is 0 Å². The van der Waals surface area contributed by atoms with E-state index < -0.39 is 0 Å². The molecule has 0 unspecified atom stereocenters. The Labute approximate surface area is 89.9 Å². The van der Waals surface area contributed by atoms with Crippen LogP contribution in [0.25, 0.3) is 0 Å². The van der Waals surface area contributed by atoms with Crippen LogP contribution in [0.5, 0.6) is 0 Å². The molecule has 4 nitrogen and oxygen atoms in total. The molecule has 1 aromatic heterocycles. The maximum Gasteiger partial charge on any atom is 0.134 e. The van der Waals surface area contributed by atoms with E-state index in [1.165, 1.54) is 0 Å². The highest BCUT2D eigenvalue weighted by atomic mass is 16.5. The molecule has 2 rings (SSSR count). The Balaban J connectivity index is 2.27. The highest BCUT2D eigenvalue weighted by Crippen LogP contribution is 2.25. The molecule has 2 N–H and O–H groups in total. The van der Waals surface area contributed by atoms with Gasteiger partial charge in [-0.25, -0.2) is 9.97 Å². The molecule has 1 aromatic rings. The number of hydrogen-bond donors (Lipinski definition) is 1. The summed E-state index contributed by atoms with van der Waals surface area (Å²) in [5, 5.41) is 0. The number of anilines is 1. The Morgan fingerprint density at radius 3 is 2.47 bits per heavy atom. The first-order valence-electron chi connectivity index (χ1n) is 5.37. The zero-order valence-electron chi connectivity index (χ0n) is 9.29. The van der Waals surface area contributed by atoms with Crippen LogP contribution >= 0.6 is 0 Å². The van der Waals surface area contributed by atoms with Crippen LogP contribution in [0.2, 0.25) is 0 Å². The van der Waals surface area contributed by atoms with Crippen molar-refractivity contribution in [3.8, 4) is 0 Å². The maximum atomic E-state index is 5.85. The summed E-state index contributed by atoms with van der Waals surface area (Å²) in [5.41, 5.74) is 7.83. The number of aromatic nitrogens is 2.